The maximum atomic E-state index is 13.8. The highest BCUT2D eigenvalue weighted by Gasteiger charge is 2.27. The van der Waals surface area contributed by atoms with Gasteiger partial charge in [-0.05, 0) is 43.7 Å². The van der Waals surface area contributed by atoms with Crippen LogP contribution < -0.4 is 15.8 Å². The van der Waals surface area contributed by atoms with Crippen LogP contribution in [0.1, 0.15) is 44.9 Å². The molecule has 5 rings (SSSR count). The molecule has 13 heteroatoms. The number of anilines is 1. The van der Waals surface area contributed by atoms with Gasteiger partial charge in [-0.25, -0.2) is 13.8 Å². The number of hydrogen-bond acceptors (Lipinski definition) is 7. The fraction of sp³-hybridized carbons (Fsp3) is 0.192. The van der Waals surface area contributed by atoms with Crippen LogP contribution >= 0.6 is 11.3 Å². The van der Waals surface area contributed by atoms with Gasteiger partial charge in [-0.15, -0.1) is 11.3 Å². The van der Waals surface area contributed by atoms with Crippen molar-refractivity contribution < 1.29 is 23.1 Å². The predicted octanol–water partition coefficient (Wildman–Crippen LogP) is 5.18. The second-order valence-electron chi connectivity index (χ2n) is 8.56. The van der Waals surface area contributed by atoms with Gasteiger partial charge in [0.1, 0.15) is 26.8 Å². The van der Waals surface area contributed by atoms with Gasteiger partial charge >= 0.3 is 0 Å². The maximum Gasteiger partial charge on any atom is 0.280 e. The largest absolute Gasteiger partial charge is 0.497 e. The lowest BCUT2D eigenvalue weighted by Crippen LogP contribution is -2.17. The number of hydrogen-bond donors (Lipinski definition) is 3. The number of carbonyl (C=O) groups is 2. The molecule has 39 heavy (non-hydrogen) atoms. The van der Waals surface area contributed by atoms with E-state index in [4.69, 9.17) is 10.5 Å². The van der Waals surface area contributed by atoms with E-state index in [2.05, 4.69) is 25.6 Å². The number of nitrogens with two attached hydrogens (primary N) is 1. The van der Waals surface area contributed by atoms with Crippen molar-refractivity contribution in [2.24, 2.45) is 5.73 Å². The zero-order valence-corrected chi connectivity index (χ0v) is 21.9. The third-order valence-electron chi connectivity index (χ3n) is 6.25. The lowest BCUT2D eigenvalue weighted by Gasteiger charge is -2.10. The van der Waals surface area contributed by atoms with E-state index in [-0.39, 0.29) is 21.1 Å². The second-order valence-corrected chi connectivity index (χ2v) is 9.56. The van der Waals surface area contributed by atoms with E-state index in [9.17, 15) is 18.4 Å². The number of carbonyl (C=O) groups excluding carboxylic acids is 2. The first kappa shape index (κ1) is 26.0. The van der Waals surface area contributed by atoms with Crippen molar-refractivity contribution in [1.29, 1.82) is 0 Å². The van der Waals surface area contributed by atoms with E-state index in [1.54, 1.807) is 42.3 Å². The van der Waals surface area contributed by atoms with Crippen molar-refractivity contribution in [2.75, 3.05) is 12.4 Å². The van der Waals surface area contributed by atoms with Crippen molar-refractivity contribution in [3.8, 4) is 28.1 Å². The Morgan fingerprint density at radius 3 is 2.69 bits per heavy atom. The molecule has 0 radical (unpaired) electrons. The van der Waals surface area contributed by atoms with Gasteiger partial charge in [0.05, 0.1) is 24.7 Å². The van der Waals surface area contributed by atoms with Crippen LogP contribution in [0.3, 0.4) is 0 Å². The summed E-state index contributed by atoms with van der Waals surface area (Å²) in [7, 11) is 1.55. The smallest absolute Gasteiger partial charge is 0.280 e. The summed E-state index contributed by atoms with van der Waals surface area (Å²) >= 11 is 0.834. The number of nitrogens with zero attached hydrogens (tertiary/aromatic N) is 4. The lowest BCUT2D eigenvalue weighted by atomic mass is 10.0. The number of nitrogens with one attached hydrogen (secondary N) is 2. The van der Waals surface area contributed by atoms with Gasteiger partial charge in [0, 0.05) is 28.8 Å². The van der Waals surface area contributed by atoms with Gasteiger partial charge in [0.2, 0.25) is 0 Å². The summed E-state index contributed by atoms with van der Waals surface area (Å²) in [5, 5.41) is 14.3. The van der Waals surface area contributed by atoms with E-state index in [1.165, 1.54) is 6.07 Å². The van der Waals surface area contributed by atoms with Crippen LogP contribution in [0, 0.1) is 6.92 Å². The number of thiophene rings is 1. The Hall–Kier alpha value is -4.65. The number of halogens is 2. The molecule has 0 saturated carbocycles. The number of aromatic amines is 1. The molecule has 200 valence electrons. The fourth-order valence-corrected chi connectivity index (χ4v) is 5.33. The number of aryl methyl sites for hydroxylation is 1. The quantitative estimate of drug-likeness (QED) is 0.243. The number of methoxy groups -OCH3 is 1. The minimum atomic E-state index is -2.85. The van der Waals surface area contributed by atoms with Gasteiger partial charge < -0.3 is 15.8 Å². The third kappa shape index (κ3) is 4.72. The summed E-state index contributed by atoms with van der Waals surface area (Å²) in [5.41, 5.74) is 8.23. The number of aromatic nitrogens is 5. The highest BCUT2D eigenvalue weighted by atomic mass is 32.1. The number of pyridine rings is 1. The van der Waals surface area contributed by atoms with E-state index >= 15 is 0 Å². The number of alkyl halides is 2. The molecular weight excluding hydrogens is 528 g/mol. The number of rotatable bonds is 8. The molecule has 4 N–H and O–H groups in total. The number of ether oxygens (including phenoxy) is 1. The van der Waals surface area contributed by atoms with Crippen molar-refractivity contribution in [3.05, 3.63) is 64.6 Å². The first-order valence-corrected chi connectivity index (χ1v) is 12.6. The molecule has 4 heterocycles. The summed E-state index contributed by atoms with van der Waals surface area (Å²) in [5.74, 6) is -0.813. The summed E-state index contributed by atoms with van der Waals surface area (Å²) in [6.07, 6.45) is -1.29. The van der Waals surface area contributed by atoms with Crippen molar-refractivity contribution >= 4 is 39.1 Å². The summed E-state index contributed by atoms with van der Waals surface area (Å²) < 4.78 is 34.5. The van der Waals surface area contributed by atoms with Gasteiger partial charge in [0.25, 0.3) is 18.2 Å². The molecule has 0 spiro atoms. The molecule has 0 fully saturated rings. The molecule has 0 bridgehead atoms. The fourth-order valence-electron chi connectivity index (χ4n) is 4.31. The van der Waals surface area contributed by atoms with E-state index in [1.807, 2.05) is 19.9 Å². The zero-order valence-electron chi connectivity index (χ0n) is 21.1. The highest BCUT2D eigenvalue weighted by Crippen LogP contribution is 2.43. The minimum Gasteiger partial charge on any atom is -0.497 e. The summed E-state index contributed by atoms with van der Waals surface area (Å²) in [6, 6.07) is 9.97. The number of primary amides is 1. The van der Waals surface area contributed by atoms with Gasteiger partial charge in [-0.2, -0.15) is 10.2 Å². The van der Waals surface area contributed by atoms with Crippen LogP contribution in [-0.2, 0) is 6.54 Å². The molecule has 0 saturated heterocycles. The van der Waals surface area contributed by atoms with Crippen molar-refractivity contribution in [1.82, 2.24) is 25.0 Å². The molecule has 0 atom stereocenters. The minimum absolute atomic E-state index is 0.0217. The van der Waals surface area contributed by atoms with Gasteiger partial charge in [0.15, 0.2) is 0 Å². The molecule has 0 aliphatic rings. The Balaban J connectivity index is 1.62. The summed E-state index contributed by atoms with van der Waals surface area (Å²) in [6.45, 7) is 4.28. The second kappa shape index (κ2) is 10.3. The van der Waals surface area contributed by atoms with Crippen LogP contribution in [0.25, 0.3) is 32.6 Å². The highest BCUT2D eigenvalue weighted by molar-refractivity contribution is 7.21. The zero-order chi connectivity index (χ0) is 27.8. The predicted molar refractivity (Wildman–Crippen MR) is 143 cm³/mol. The molecule has 4 aromatic heterocycles. The van der Waals surface area contributed by atoms with Crippen LogP contribution in [0.2, 0.25) is 0 Å². The number of fused-ring (bicyclic) bond motifs is 1. The molecule has 10 nitrogen and oxygen atoms in total. The molecule has 2 amide bonds. The maximum absolute atomic E-state index is 13.8. The number of benzene rings is 1. The first-order chi connectivity index (χ1) is 18.7. The van der Waals surface area contributed by atoms with E-state index in [0.29, 0.717) is 34.5 Å². The van der Waals surface area contributed by atoms with Gasteiger partial charge in [-0.1, -0.05) is 12.1 Å². The van der Waals surface area contributed by atoms with Crippen molar-refractivity contribution in [3.63, 3.8) is 0 Å². The van der Waals surface area contributed by atoms with Gasteiger partial charge in [-0.3, -0.25) is 19.4 Å². The Morgan fingerprint density at radius 2 is 2.03 bits per heavy atom. The first-order valence-electron chi connectivity index (χ1n) is 11.8. The molecule has 1 aromatic carbocycles. The van der Waals surface area contributed by atoms with E-state index in [0.717, 1.165) is 22.6 Å². The topological polar surface area (TPSA) is 141 Å². The average Bonchev–Trinajstić information content (AvgIpc) is 3.65. The molecular formula is C26H23F2N7O3S. The normalized spacial score (nSPS) is 11.3. The lowest BCUT2D eigenvalue weighted by molar-refractivity contribution is 0.100. The Labute approximate surface area is 224 Å². The number of amides is 2. The number of H-pyrrole nitrogens is 1. The third-order valence-corrected chi connectivity index (χ3v) is 7.35. The summed E-state index contributed by atoms with van der Waals surface area (Å²) in [4.78, 5) is 29.9. The standard InChI is InChI=1S/C26H23F2N7O3S/c1-4-35-12(2)16(11-30-35)15-9-18(23(27)28)31-26-20(15)21(22(39-26)24(29)36)32-25(37)19-10-17(33-34-19)13-6-5-7-14(8-13)38-3/h5-11,23H,4H2,1-3H3,(H2,29,36)(H,32,37)(H,33,34). The molecule has 0 aliphatic heterocycles. The average molecular weight is 552 g/mol. The van der Waals surface area contributed by atoms with Crippen molar-refractivity contribution in [2.45, 2.75) is 26.8 Å². The van der Waals surface area contributed by atoms with Crippen LogP contribution in [0.4, 0.5) is 14.5 Å². The van der Waals surface area contributed by atoms with Crippen LogP contribution in [-0.4, -0.2) is 43.9 Å². The molecule has 5 aromatic rings. The van der Waals surface area contributed by atoms with Crippen LogP contribution in [0.5, 0.6) is 5.75 Å². The SMILES string of the molecule is CCn1ncc(-c2cc(C(F)F)nc3sc(C(N)=O)c(NC(=O)c4cc(-c5cccc(OC)c5)n[nH]4)c23)c1C. The molecule has 0 aliphatic carbocycles. The monoisotopic (exact) mass is 551 g/mol. The van der Waals surface area contributed by atoms with Crippen LogP contribution in [0.15, 0.2) is 42.6 Å². The van der Waals surface area contributed by atoms with E-state index < -0.39 is 23.9 Å². The Bertz CT molecular complexity index is 1720. The Morgan fingerprint density at radius 1 is 1.23 bits per heavy atom. The molecule has 0 unspecified atom stereocenters. The Kier molecular flexibility index (Phi) is 6.83.